The molecule has 0 unspecified atom stereocenters. The number of hydrogen-bond donors (Lipinski definition) is 2. The maximum atomic E-state index is 12.2. The minimum absolute atomic E-state index is 0.0505. The van der Waals surface area contributed by atoms with Gasteiger partial charge < -0.3 is 9.84 Å². The Morgan fingerprint density at radius 2 is 2.19 bits per heavy atom. The van der Waals surface area contributed by atoms with Gasteiger partial charge >= 0.3 is 0 Å². The number of rotatable bonds is 6. The number of nitrogens with zero attached hydrogens (tertiary/aromatic N) is 2. The maximum absolute atomic E-state index is 12.2. The molecule has 0 saturated carbocycles. The fourth-order valence-corrected chi connectivity index (χ4v) is 4.35. The van der Waals surface area contributed by atoms with Crippen molar-refractivity contribution in [1.29, 1.82) is 0 Å². The fraction of sp³-hybridized carbons (Fsp3) is 0.167. The van der Waals surface area contributed by atoms with E-state index in [2.05, 4.69) is 15.5 Å². The molecule has 26 heavy (non-hydrogen) atoms. The minimum atomic E-state index is -0.331. The number of methoxy groups -OCH3 is 1. The molecule has 134 valence electrons. The van der Waals surface area contributed by atoms with Gasteiger partial charge in [-0.05, 0) is 42.8 Å². The lowest BCUT2D eigenvalue weighted by atomic mass is 10.2. The molecule has 1 heterocycles. The highest BCUT2D eigenvalue weighted by Gasteiger charge is 2.16. The fourth-order valence-electron chi connectivity index (χ4n) is 2.14. The summed E-state index contributed by atoms with van der Waals surface area (Å²) in [6.45, 7) is 1.81. The smallest absolute Gasteiger partial charge is 0.253 e. The monoisotopic (exact) mass is 387 g/mol. The highest BCUT2D eigenvalue weighted by atomic mass is 32.2. The zero-order valence-corrected chi connectivity index (χ0v) is 15.8. The number of phenols is 1. The zero-order chi connectivity index (χ0) is 18.5. The molecule has 0 aliphatic heterocycles. The lowest BCUT2D eigenvalue weighted by Gasteiger charge is -2.07. The standard InChI is InChI=1S/C18H17N3O3S2/c1-11(25-18-20-13-5-3-4-6-16(13)26-18)17(23)21-19-10-12-7-8-14(22)15(9-12)24-2/h3-11,22H,1-2H3,(H,21,23)/b19-10-/t11-/m1/s1. The zero-order valence-electron chi connectivity index (χ0n) is 14.2. The van der Waals surface area contributed by atoms with E-state index < -0.39 is 0 Å². The quantitative estimate of drug-likeness (QED) is 0.383. The van der Waals surface area contributed by atoms with Crippen LogP contribution in [0.4, 0.5) is 0 Å². The first-order valence-electron chi connectivity index (χ1n) is 7.79. The Bertz CT molecular complexity index is 923. The van der Waals surface area contributed by atoms with Gasteiger partial charge in [-0.25, -0.2) is 10.4 Å². The van der Waals surface area contributed by atoms with Gasteiger partial charge in [0.05, 0.1) is 28.8 Å². The van der Waals surface area contributed by atoms with Crippen LogP contribution in [0.3, 0.4) is 0 Å². The molecule has 1 amide bonds. The van der Waals surface area contributed by atoms with E-state index in [0.717, 1.165) is 14.6 Å². The Morgan fingerprint density at radius 3 is 2.96 bits per heavy atom. The molecule has 1 aromatic heterocycles. The van der Waals surface area contributed by atoms with Crippen LogP contribution in [-0.4, -0.2) is 34.6 Å². The first kappa shape index (κ1) is 18.2. The Balaban J connectivity index is 1.58. The largest absolute Gasteiger partial charge is 0.504 e. The molecule has 2 N–H and O–H groups in total. The van der Waals surface area contributed by atoms with Crippen LogP contribution in [0.1, 0.15) is 12.5 Å². The van der Waals surface area contributed by atoms with E-state index in [4.69, 9.17) is 4.74 Å². The second-order valence-electron chi connectivity index (χ2n) is 5.37. The number of thioether (sulfide) groups is 1. The van der Waals surface area contributed by atoms with Gasteiger partial charge in [0.25, 0.3) is 5.91 Å². The normalized spacial score (nSPS) is 12.4. The van der Waals surface area contributed by atoms with E-state index in [0.29, 0.717) is 11.3 Å². The second-order valence-corrected chi connectivity index (χ2v) is 7.99. The van der Waals surface area contributed by atoms with Gasteiger partial charge in [-0.1, -0.05) is 23.9 Å². The van der Waals surface area contributed by atoms with E-state index in [1.807, 2.05) is 31.2 Å². The summed E-state index contributed by atoms with van der Waals surface area (Å²) in [5, 5.41) is 13.2. The second kappa shape index (κ2) is 8.20. The van der Waals surface area contributed by atoms with Crippen LogP contribution in [0.15, 0.2) is 51.9 Å². The predicted octanol–water partition coefficient (Wildman–Crippen LogP) is 3.64. The molecule has 0 spiro atoms. The lowest BCUT2D eigenvalue weighted by molar-refractivity contribution is -0.120. The summed E-state index contributed by atoms with van der Waals surface area (Å²) in [5.41, 5.74) is 4.16. The van der Waals surface area contributed by atoms with Crippen molar-refractivity contribution in [1.82, 2.24) is 10.4 Å². The molecular weight excluding hydrogens is 370 g/mol. The number of fused-ring (bicyclic) bond motifs is 1. The van der Waals surface area contributed by atoms with E-state index in [1.165, 1.54) is 31.2 Å². The molecule has 0 aliphatic carbocycles. The summed E-state index contributed by atoms with van der Waals surface area (Å²) in [4.78, 5) is 16.7. The van der Waals surface area contributed by atoms with Crippen LogP contribution in [0, 0.1) is 0 Å². The van der Waals surface area contributed by atoms with Crippen molar-refractivity contribution in [3.63, 3.8) is 0 Å². The summed E-state index contributed by atoms with van der Waals surface area (Å²) in [6.07, 6.45) is 1.49. The number of amides is 1. The highest BCUT2D eigenvalue weighted by Crippen LogP contribution is 2.31. The number of ether oxygens (including phenoxy) is 1. The van der Waals surface area contributed by atoms with E-state index in [1.54, 1.807) is 23.5 Å². The average Bonchev–Trinajstić information content (AvgIpc) is 3.05. The van der Waals surface area contributed by atoms with Crippen LogP contribution in [0.2, 0.25) is 0 Å². The molecule has 0 aliphatic rings. The number of phenolic OH excluding ortho intramolecular Hbond substituents is 1. The molecule has 1 atom stereocenters. The third-order valence-electron chi connectivity index (χ3n) is 3.51. The van der Waals surface area contributed by atoms with Crippen molar-refractivity contribution in [2.75, 3.05) is 7.11 Å². The molecule has 3 aromatic rings. The van der Waals surface area contributed by atoms with Crippen LogP contribution in [-0.2, 0) is 4.79 Å². The highest BCUT2D eigenvalue weighted by molar-refractivity contribution is 8.02. The SMILES string of the molecule is COc1cc(/C=N\NC(=O)[C@@H](C)Sc2nc3ccccc3s2)ccc1O. The van der Waals surface area contributed by atoms with Crippen LogP contribution in [0.5, 0.6) is 11.5 Å². The van der Waals surface area contributed by atoms with Gasteiger partial charge in [-0.3, -0.25) is 4.79 Å². The molecule has 0 fully saturated rings. The minimum Gasteiger partial charge on any atom is -0.504 e. The van der Waals surface area contributed by atoms with Crippen molar-refractivity contribution in [3.8, 4) is 11.5 Å². The number of carbonyl (C=O) groups excluding carboxylic acids is 1. The van der Waals surface area contributed by atoms with Crippen molar-refractivity contribution in [3.05, 3.63) is 48.0 Å². The molecule has 3 rings (SSSR count). The third kappa shape index (κ3) is 4.33. The summed E-state index contributed by atoms with van der Waals surface area (Å²) in [7, 11) is 1.47. The van der Waals surface area contributed by atoms with Gasteiger partial charge in [0, 0.05) is 0 Å². The van der Waals surface area contributed by atoms with Crippen LogP contribution < -0.4 is 10.2 Å². The van der Waals surface area contributed by atoms with Gasteiger partial charge in [0.15, 0.2) is 15.8 Å². The first-order chi connectivity index (χ1) is 12.6. The number of nitrogens with one attached hydrogen (secondary N) is 1. The van der Waals surface area contributed by atoms with Gasteiger partial charge in [0.2, 0.25) is 0 Å². The lowest BCUT2D eigenvalue weighted by Crippen LogP contribution is -2.26. The third-order valence-corrected chi connectivity index (χ3v) is 5.74. The summed E-state index contributed by atoms with van der Waals surface area (Å²) in [6, 6.07) is 12.7. The summed E-state index contributed by atoms with van der Waals surface area (Å²) < 4.78 is 6.98. The number of para-hydroxylation sites is 1. The van der Waals surface area contributed by atoms with E-state index in [9.17, 15) is 9.90 Å². The Labute approximate surface area is 158 Å². The van der Waals surface area contributed by atoms with Crippen molar-refractivity contribution in [2.45, 2.75) is 16.5 Å². The predicted molar refractivity (Wildman–Crippen MR) is 105 cm³/mol. The van der Waals surface area contributed by atoms with Crippen molar-refractivity contribution in [2.24, 2.45) is 5.10 Å². The number of thiazole rings is 1. The average molecular weight is 387 g/mol. The number of aromatic hydroxyl groups is 1. The molecule has 8 heteroatoms. The topological polar surface area (TPSA) is 83.8 Å². The number of benzene rings is 2. The number of hydrazone groups is 1. The van der Waals surface area contributed by atoms with E-state index in [-0.39, 0.29) is 16.9 Å². The Morgan fingerprint density at radius 1 is 1.38 bits per heavy atom. The van der Waals surface area contributed by atoms with Crippen molar-refractivity contribution >= 4 is 45.4 Å². The summed E-state index contributed by atoms with van der Waals surface area (Å²) >= 11 is 2.97. The Hall–Kier alpha value is -2.58. The van der Waals surface area contributed by atoms with E-state index >= 15 is 0 Å². The molecular formula is C18H17N3O3S2. The number of carbonyl (C=O) groups is 1. The van der Waals surface area contributed by atoms with Crippen molar-refractivity contribution < 1.29 is 14.6 Å². The molecule has 0 saturated heterocycles. The summed E-state index contributed by atoms with van der Waals surface area (Å²) in [5.74, 6) is 0.186. The van der Waals surface area contributed by atoms with Gasteiger partial charge in [-0.15, -0.1) is 11.3 Å². The number of aromatic nitrogens is 1. The van der Waals surface area contributed by atoms with Gasteiger partial charge in [-0.2, -0.15) is 5.10 Å². The van der Waals surface area contributed by atoms with Crippen LogP contribution >= 0.6 is 23.1 Å². The molecule has 2 aromatic carbocycles. The maximum Gasteiger partial charge on any atom is 0.253 e. The van der Waals surface area contributed by atoms with Crippen LogP contribution in [0.25, 0.3) is 10.2 Å². The molecule has 6 nitrogen and oxygen atoms in total. The molecule has 0 bridgehead atoms. The van der Waals surface area contributed by atoms with Gasteiger partial charge in [0.1, 0.15) is 0 Å². The first-order valence-corrected chi connectivity index (χ1v) is 9.48. The number of hydrogen-bond acceptors (Lipinski definition) is 7. The molecule has 0 radical (unpaired) electrons. The Kier molecular flexibility index (Phi) is 5.75.